The molecule has 1 rings (SSSR count). The van der Waals surface area contributed by atoms with Crippen LogP contribution in [0.15, 0.2) is 11.6 Å². The lowest BCUT2D eigenvalue weighted by Gasteiger charge is -2.28. The van der Waals surface area contributed by atoms with E-state index in [-0.39, 0.29) is 17.4 Å². The molecule has 1 heterocycles. The van der Waals surface area contributed by atoms with E-state index >= 15 is 0 Å². The van der Waals surface area contributed by atoms with Crippen molar-refractivity contribution in [2.75, 3.05) is 13.1 Å². The predicted molar refractivity (Wildman–Crippen MR) is 59.2 cm³/mol. The fourth-order valence-electron chi connectivity index (χ4n) is 1.71. The van der Waals surface area contributed by atoms with Crippen molar-refractivity contribution in [1.82, 2.24) is 4.90 Å². The van der Waals surface area contributed by atoms with E-state index in [4.69, 9.17) is 5.26 Å². The number of amides is 1. The molecule has 0 radical (unpaired) electrons. The zero-order chi connectivity index (χ0) is 12.1. The molecule has 0 aliphatic carbocycles. The van der Waals surface area contributed by atoms with Gasteiger partial charge in [0.05, 0.1) is 0 Å². The molecule has 0 N–H and O–H groups in total. The second-order valence-electron chi connectivity index (χ2n) is 4.40. The van der Waals surface area contributed by atoms with Crippen LogP contribution in [0.5, 0.6) is 0 Å². The molecule has 0 atom stereocenters. The molecule has 1 aliphatic rings. The van der Waals surface area contributed by atoms with E-state index in [2.05, 4.69) is 0 Å². The van der Waals surface area contributed by atoms with Crippen molar-refractivity contribution in [1.29, 1.82) is 5.26 Å². The van der Waals surface area contributed by atoms with E-state index in [1.165, 1.54) is 0 Å². The van der Waals surface area contributed by atoms with Gasteiger partial charge in [0, 0.05) is 13.1 Å². The molecule has 16 heavy (non-hydrogen) atoms. The summed E-state index contributed by atoms with van der Waals surface area (Å²) in [6.45, 7) is 4.66. The van der Waals surface area contributed by atoms with Gasteiger partial charge in [0.15, 0.2) is 0 Å². The van der Waals surface area contributed by atoms with Crippen molar-refractivity contribution in [3.05, 3.63) is 11.6 Å². The normalized spacial score (nSPS) is 18.7. The van der Waals surface area contributed by atoms with Gasteiger partial charge in [-0.3, -0.25) is 4.79 Å². The number of piperidine rings is 1. The van der Waals surface area contributed by atoms with Crippen LogP contribution in [0.2, 0.25) is 0 Å². The van der Waals surface area contributed by atoms with Crippen molar-refractivity contribution >= 4 is 5.91 Å². The van der Waals surface area contributed by atoms with E-state index in [0.29, 0.717) is 25.9 Å². The monoisotopic (exact) mass is 224 g/mol. The fraction of sp³-hybridized carbons (Fsp3) is 0.667. The Balaban J connectivity index is 2.67. The molecule has 0 aromatic rings. The van der Waals surface area contributed by atoms with Gasteiger partial charge in [-0.1, -0.05) is 19.9 Å². The summed E-state index contributed by atoms with van der Waals surface area (Å²) in [4.78, 5) is 13.4. The Kier molecular flexibility index (Phi) is 4.48. The highest BCUT2D eigenvalue weighted by atomic mass is 19.1. The maximum atomic E-state index is 12.9. The first-order valence-electron chi connectivity index (χ1n) is 5.60. The maximum absolute atomic E-state index is 12.9. The zero-order valence-corrected chi connectivity index (χ0v) is 9.74. The lowest BCUT2D eigenvalue weighted by molar-refractivity contribution is -0.128. The minimum atomic E-state index is -0.802. The number of hydrogen-bond acceptors (Lipinski definition) is 2. The molecule has 0 aromatic carbocycles. The zero-order valence-electron chi connectivity index (χ0n) is 9.74. The van der Waals surface area contributed by atoms with Crippen LogP contribution in [0.25, 0.3) is 0 Å². The van der Waals surface area contributed by atoms with Gasteiger partial charge in [-0.2, -0.15) is 5.26 Å². The van der Waals surface area contributed by atoms with Crippen LogP contribution in [0, 0.1) is 17.2 Å². The molecule has 0 saturated carbocycles. The number of halogens is 1. The van der Waals surface area contributed by atoms with Gasteiger partial charge in [-0.05, 0) is 18.8 Å². The minimum absolute atomic E-state index is 0.164. The van der Waals surface area contributed by atoms with Crippen LogP contribution in [-0.2, 0) is 4.79 Å². The number of alkyl halides is 1. The lowest BCUT2D eigenvalue weighted by atomic mass is 10.1. The van der Waals surface area contributed by atoms with Crippen LogP contribution >= 0.6 is 0 Å². The summed E-state index contributed by atoms with van der Waals surface area (Å²) in [6, 6.07) is 1.92. The summed E-state index contributed by atoms with van der Waals surface area (Å²) in [5, 5.41) is 8.89. The van der Waals surface area contributed by atoms with Gasteiger partial charge in [-0.25, -0.2) is 4.39 Å². The third kappa shape index (κ3) is 3.34. The van der Waals surface area contributed by atoms with E-state index in [9.17, 15) is 9.18 Å². The highest BCUT2D eigenvalue weighted by molar-refractivity contribution is 5.97. The van der Waals surface area contributed by atoms with Gasteiger partial charge >= 0.3 is 0 Å². The Labute approximate surface area is 95.5 Å². The molecular weight excluding hydrogens is 207 g/mol. The van der Waals surface area contributed by atoms with Crippen LogP contribution in [0.4, 0.5) is 4.39 Å². The third-order valence-electron chi connectivity index (χ3n) is 2.56. The van der Waals surface area contributed by atoms with E-state index in [0.717, 1.165) is 0 Å². The van der Waals surface area contributed by atoms with Gasteiger partial charge < -0.3 is 4.90 Å². The molecule has 0 spiro atoms. The van der Waals surface area contributed by atoms with Crippen molar-refractivity contribution in [3.8, 4) is 6.07 Å². The number of rotatable bonds is 2. The number of nitrogens with zero attached hydrogens (tertiary/aromatic N) is 2. The molecule has 1 saturated heterocycles. The molecule has 1 amide bonds. The van der Waals surface area contributed by atoms with Crippen molar-refractivity contribution in [3.63, 3.8) is 0 Å². The molecule has 4 heteroatoms. The number of hydrogen-bond donors (Lipinski definition) is 0. The van der Waals surface area contributed by atoms with Crippen LogP contribution in [0.3, 0.4) is 0 Å². The molecule has 0 unspecified atom stereocenters. The summed E-state index contributed by atoms with van der Waals surface area (Å²) in [5.74, 6) is -0.0968. The average molecular weight is 224 g/mol. The second-order valence-corrected chi connectivity index (χ2v) is 4.40. The van der Waals surface area contributed by atoms with Gasteiger partial charge in [0.2, 0.25) is 0 Å². The van der Waals surface area contributed by atoms with Crippen LogP contribution in [0.1, 0.15) is 26.7 Å². The lowest BCUT2D eigenvalue weighted by Crippen LogP contribution is -2.39. The molecule has 1 fully saturated rings. The highest BCUT2D eigenvalue weighted by Crippen LogP contribution is 2.16. The molecule has 0 aromatic heterocycles. The SMILES string of the molecule is CC(C)/C=C(\C#N)C(=O)N1CCC(F)CC1. The smallest absolute Gasteiger partial charge is 0.264 e. The first-order chi connectivity index (χ1) is 7.54. The van der Waals surface area contributed by atoms with Crippen molar-refractivity contribution in [2.45, 2.75) is 32.9 Å². The first-order valence-corrected chi connectivity index (χ1v) is 5.60. The third-order valence-corrected chi connectivity index (χ3v) is 2.56. The summed E-state index contributed by atoms with van der Waals surface area (Å²) in [7, 11) is 0. The van der Waals surface area contributed by atoms with Crippen molar-refractivity contribution in [2.24, 2.45) is 5.92 Å². The van der Waals surface area contributed by atoms with Gasteiger partial charge in [-0.15, -0.1) is 0 Å². The molecule has 0 bridgehead atoms. The molecule has 88 valence electrons. The van der Waals surface area contributed by atoms with Crippen LogP contribution < -0.4 is 0 Å². The number of allylic oxidation sites excluding steroid dienone is 1. The summed E-state index contributed by atoms with van der Waals surface area (Å²) in [6.07, 6.45) is 1.62. The largest absolute Gasteiger partial charge is 0.338 e. The van der Waals surface area contributed by atoms with E-state index in [1.54, 1.807) is 11.0 Å². The minimum Gasteiger partial charge on any atom is -0.338 e. The Morgan fingerprint density at radius 2 is 2.06 bits per heavy atom. The van der Waals surface area contributed by atoms with Gasteiger partial charge in [0.1, 0.15) is 17.8 Å². The van der Waals surface area contributed by atoms with Crippen LogP contribution in [-0.4, -0.2) is 30.1 Å². The maximum Gasteiger partial charge on any atom is 0.264 e. The number of nitriles is 1. The fourth-order valence-corrected chi connectivity index (χ4v) is 1.71. The topological polar surface area (TPSA) is 44.1 Å². The summed E-state index contributed by atoms with van der Waals surface area (Å²) >= 11 is 0. The second kappa shape index (κ2) is 5.64. The van der Waals surface area contributed by atoms with Gasteiger partial charge in [0.25, 0.3) is 5.91 Å². The molecular formula is C12H17FN2O. The standard InChI is InChI=1S/C12H17FN2O/c1-9(2)7-10(8-14)12(16)15-5-3-11(13)4-6-15/h7,9,11H,3-6H2,1-2H3/b10-7+. The number of likely N-dealkylation sites (tertiary alicyclic amines) is 1. The summed E-state index contributed by atoms with van der Waals surface area (Å²) in [5.41, 5.74) is 0.173. The Morgan fingerprint density at radius 3 is 2.50 bits per heavy atom. The highest BCUT2D eigenvalue weighted by Gasteiger charge is 2.24. The quantitative estimate of drug-likeness (QED) is 0.532. The van der Waals surface area contributed by atoms with E-state index in [1.807, 2.05) is 19.9 Å². The number of carbonyl (C=O) groups excluding carboxylic acids is 1. The molecule has 1 aliphatic heterocycles. The average Bonchev–Trinajstić information content (AvgIpc) is 2.25. The Hall–Kier alpha value is -1.37. The van der Waals surface area contributed by atoms with E-state index < -0.39 is 6.17 Å². The summed E-state index contributed by atoms with van der Waals surface area (Å²) < 4.78 is 12.9. The van der Waals surface area contributed by atoms with Crippen molar-refractivity contribution < 1.29 is 9.18 Å². The predicted octanol–water partition coefficient (Wildman–Crippen LogP) is 2.05. The number of carbonyl (C=O) groups is 1. The Bertz CT molecular complexity index is 322. The first kappa shape index (κ1) is 12.7. The molecule has 3 nitrogen and oxygen atoms in total. The Morgan fingerprint density at radius 1 is 1.50 bits per heavy atom.